The van der Waals surface area contributed by atoms with Gasteiger partial charge in [-0.2, -0.15) is 0 Å². The average molecular weight is 405 g/mol. The maximum Gasteiger partial charge on any atom is 0.341 e. The molecule has 1 saturated carbocycles. The van der Waals surface area contributed by atoms with Crippen LogP contribution in [0.25, 0.3) is 0 Å². The van der Waals surface area contributed by atoms with Crippen LogP contribution in [0.15, 0.2) is 22.9 Å². The molecule has 4 rings (SSSR count). The van der Waals surface area contributed by atoms with Gasteiger partial charge in [0.05, 0.1) is 18.7 Å². The van der Waals surface area contributed by atoms with Gasteiger partial charge >= 0.3 is 5.97 Å². The molecule has 2 aromatic rings. The highest BCUT2D eigenvalue weighted by Crippen LogP contribution is 2.46. The summed E-state index contributed by atoms with van der Waals surface area (Å²) in [6.07, 6.45) is 4.40. The second-order valence-corrected chi connectivity index (χ2v) is 8.94. The highest BCUT2D eigenvalue weighted by molar-refractivity contribution is 7.15. The van der Waals surface area contributed by atoms with Gasteiger partial charge < -0.3 is 10.1 Å². The Bertz CT molecular complexity index is 811. The maximum atomic E-state index is 12.7. The summed E-state index contributed by atoms with van der Waals surface area (Å²) in [6, 6.07) is 4.53. The van der Waals surface area contributed by atoms with E-state index in [1.54, 1.807) is 18.3 Å². The highest BCUT2D eigenvalue weighted by atomic mass is 32.1. The zero-order valence-corrected chi connectivity index (χ0v) is 17.0. The number of nitrogens with one attached hydrogen (secondary N) is 1. The number of amides is 1. The number of rotatable bonds is 7. The van der Waals surface area contributed by atoms with Crippen molar-refractivity contribution in [3.8, 4) is 0 Å². The van der Waals surface area contributed by atoms with Gasteiger partial charge in [-0.05, 0) is 67.5 Å². The van der Waals surface area contributed by atoms with Crippen molar-refractivity contribution in [3.05, 3.63) is 38.9 Å². The summed E-state index contributed by atoms with van der Waals surface area (Å²) in [5.74, 6) is 0.0508. The molecule has 5 nitrogen and oxygen atoms in total. The first-order valence-corrected chi connectivity index (χ1v) is 11.3. The molecule has 0 bridgehead atoms. The van der Waals surface area contributed by atoms with E-state index in [1.165, 1.54) is 16.2 Å². The summed E-state index contributed by atoms with van der Waals surface area (Å²) in [7, 11) is 0. The van der Waals surface area contributed by atoms with Crippen LogP contribution >= 0.6 is 22.7 Å². The quantitative estimate of drug-likeness (QED) is 0.683. The predicted molar refractivity (Wildman–Crippen MR) is 109 cm³/mol. The van der Waals surface area contributed by atoms with Crippen LogP contribution in [-0.4, -0.2) is 36.5 Å². The van der Waals surface area contributed by atoms with Crippen molar-refractivity contribution in [2.45, 2.75) is 44.6 Å². The van der Waals surface area contributed by atoms with Crippen molar-refractivity contribution in [2.75, 3.05) is 25.0 Å². The first-order valence-electron chi connectivity index (χ1n) is 9.53. The van der Waals surface area contributed by atoms with E-state index in [4.69, 9.17) is 4.74 Å². The molecule has 2 aromatic heterocycles. The Morgan fingerprint density at radius 3 is 2.85 bits per heavy atom. The first-order chi connectivity index (χ1) is 13.2. The summed E-state index contributed by atoms with van der Waals surface area (Å²) >= 11 is 3.18. The largest absolute Gasteiger partial charge is 0.462 e. The number of hydrogen-bond donors (Lipinski definition) is 1. The number of likely N-dealkylation sites (tertiary alicyclic amines) is 1. The topological polar surface area (TPSA) is 58.6 Å². The molecule has 27 heavy (non-hydrogen) atoms. The molecule has 7 heteroatoms. The second-order valence-electron chi connectivity index (χ2n) is 7.08. The Labute approximate surface area is 167 Å². The van der Waals surface area contributed by atoms with Crippen molar-refractivity contribution in [3.63, 3.8) is 0 Å². The Hall–Kier alpha value is -1.70. The van der Waals surface area contributed by atoms with Gasteiger partial charge in [0.25, 0.3) is 0 Å². The summed E-state index contributed by atoms with van der Waals surface area (Å²) in [5, 5.41) is 7.71. The highest BCUT2D eigenvalue weighted by Gasteiger charge is 2.33. The van der Waals surface area contributed by atoms with Gasteiger partial charge in [0.2, 0.25) is 5.91 Å². The smallest absolute Gasteiger partial charge is 0.341 e. The SMILES string of the molecule is CCOC(=O)c1c(C2CC2)csc1NC(=O)CN1CCC[C@H]1c1cccs1. The van der Waals surface area contributed by atoms with E-state index in [9.17, 15) is 9.59 Å². The Kier molecular flexibility index (Phi) is 5.61. The van der Waals surface area contributed by atoms with Crippen LogP contribution < -0.4 is 5.32 Å². The van der Waals surface area contributed by atoms with Gasteiger partial charge in [0, 0.05) is 10.9 Å². The van der Waals surface area contributed by atoms with Gasteiger partial charge in [-0.15, -0.1) is 22.7 Å². The van der Waals surface area contributed by atoms with Crippen molar-refractivity contribution >= 4 is 39.6 Å². The zero-order valence-electron chi connectivity index (χ0n) is 15.4. The van der Waals surface area contributed by atoms with Crippen LogP contribution in [0.1, 0.15) is 65.4 Å². The molecule has 0 unspecified atom stereocenters. The zero-order chi connectivity index (χ0) is 18.8. The van der Waals surface area contributed by atoms with Gasteiger partial charge in [0.1, 0.15) is 5.00 Å². The molecule has 1 amide bonds. The number of thiophene rings is 2. The molecular formula is C20H24N2O3S2. The lowest BCUT2D eigenvalue weighted by atomic mass is 10.1. The standard InChI is InChI=1S/C20H24N2O3S2/c1-2-25-20(24)18-14(13-7-8-13)12-27-19(18)21-17(23)11-22-9-3-5-15(22)16-6-4-10-26-16/h4,6,10,12-13,15H,2-3,5,7-9,11H2,1H3,(H,21,23)/t15-/m0/s1. The molecule has 1 aliphatic carbocycles. The lowest BCUT2D eigenvalue weighted by Gasteiger charge is -2.22. The molecular weight excluding hydrogens is 380 g/mol. The van der Waals surface area contributed by atoms with Gasteiger partial charge in [-0.3, -0.25) is 9.69 Å². The van der Waals surface area contributed by atoms with Crippen LogP contribution in [-0.2, 0) is 9.53 Å². The molecule has 3 heterocycles. The lowest BCUT2D eigenvalue weighted by molar-refractivity contribution is -0.117. The number of nitrogens with zero attached hydrogens (tertiary/aromatic N) is 1. The van der Waals surface area contributed by atoms with E-state index < -0.39 is 0 Å². The van der Waals surface area contributed by atoms with Crippen molar-refractivity contribution in [2.24, 2.45) is 0 Å². The molecule has 0 aromatic carbocycles. The normalized spacial score (nSPS) is 20.0. The number of carbonyl (C=O) groups excluding carboxylic acids is 2. The molecule has 1 aliphatic heterocycles. The van der Waals surface area contributed by atoms with Crippen LogP contribution in [0, 0.1) is 0 Å². The van der Waals surface area contributed by atoms with Crippen LogP contribution in [0.3, 0.4) is 0 Å². The minimum atomic E-state index is -0.325. The maximum absolute atomic E-state index is 12.7. The molecule has 2 fully saturated rings. The summed E-state index contributed by atoms with van der Waals surface area (Å²) in [5.41, 5.74) is 1.60. The molecule has 2 aliphatic rings. The fourth-order valence-corrected chi connectivity index (χ4v) is 5.68. The number of hydrogen-bond acceptors (Lipinski definition) is 6. The van der Waals surface area contributed by atoms with Crippen LogP contribution in [0.5, 0.6) is 0 Å². The van der Waals surface area contributed by atoms with E-state index >= 15 is 0 Å². The molecule has 1 saturated heterocycles. The number of ether oxygens (including phenoxy) is 1. The third-order valence-corrected chi connectivity index (χ3v) is 7.04. The van der Waals surface area contributed by atoms with E-state index in [0.29, 0.717) is 35.7 Å². The number of esters is 1. The summed E-state index contributed by atoms with van der Waals surface area (Å²) in [4.78, 5) is 28.7. The van der Waals surface area contributed by atoms with Gasteiger partial charge in [-0.25, -0.2) is 4.79 Å². The van der Waals surface area contributed by atoms with E-state index in [-0.39, 0.29) is 11.9 Å². The molecule has 144 valence electrons. The number of anilines is 1. The third kappa shape index (κ3) is 4.10. The Balaban J connectivity index is 1.46. The third-order valence-electron chi connectivity index (χ3n) is 5.15. The van der Waals surface area contributed by atoms with Crippen molar-refractivity contribution < 1.29 is 14.3 Å². The number of carbonyl (C=O) groups is 2. The molecule has 0 radical (unpaired) electrons. The van der Waals surface area contributed by atoms with Crippen LogP contribution in [0.2, 0.25) is 0 Å². The molecule has 1 N–H and O–H groups in total. The molecule has 0 spiro atoms. The predicted octanol–water partition coefficient (Wildman–Crippen LogP) is 4.64. The fraction of sp³-hybridized carbons (Fsp3) is 0.500. The first kappa shape index (κ1) is 18.7. The van der Waals surface area contributed by atoms with Crippen LogP contribution in [0.4, 0.5) is 5.00 Å². The Morgan fingerprint density at radius 2 is 2.15 bits per heavy atom. The van der Waals surface area contributed by atoms with E-state index in [0.717, 1.165) is 37.8 Å². The van der Waals surface area contributed by atoms with E-state index in [2.05, 4.69) is 27.7 Å². The average Bonchev–Trinajstić information content (AvgIpc) is 3.03. The van der Waals surface area contributed by atoms with Gasteiger partial charge in [-0.1, -0.05) is 6.07 Å². The van der Waals surface area contributed by atoms with E-state index in [1.807, 2.05) is 5.38 Å². The fourth-order valence-electron chi connectivity index (χ4n) is 3.74. The summed E-state index contributed by atoms with van der Waals surface area (Å²) < 4.78 is 5.23. The Morgan fingerprint density at radius 1 is 1.30 bits per heavy atom. The summed E-state index contributed by atoms with van der Waals surface area (Å²) in [6.45, 7) is 3.42. The van der Waals surface area contributed by atoms with Crippen molar-refractivity contribution in [1.82, 2.24) is 4.90 Å². The molecule has 1 atom stereocenters. The minimum Gasteiger partial charge on any atom is -0.462 e. The lowest BCUT2D eigenvalue weighted by Crippen LogP contribution is -2.32. The minimum absolute atomic E-state index is 0.0619. The van der Waals surface area contributed by atoms with Crippen molar-refractivity contribution in [1.29, 1.82) is 0 Å². The monoisotopic (exact) mass is 404 g/mol. The van der Waals surface area contributed by atoms with Gasteiger partial charge in [0.15, 0.2) is 0 Å². The second kappa shape index (κ2) is 8.12.